The highest BCUT2D eigenvalue weighted by Crippen LogP contribution is 2.34. The molecular weight excluding hydrogens is 293 g/mol. The molecule has 0 aliphatic heterocycles. The Hall–Kier alpha value is -1.34. The van der Waals surface area contributed by atoms with Gasteiger partial charge in [0.25, 0.3) is 0 Å². The van der Waals surface area contributed by atoms with E-state index in [9.17, 15) is 13.2 Å². The summed E-state index contributed by atoms with van der Waals surface area (Å²) in [6.07, 6.45) is -0.383. The lowest BCUT2D eigenvalue weighted by molar-refractivity contribution is -0.137. The summed E-state index contributed by atoms with van der Waals surface area (Å²) in [6.45, 7) is 0. The summed E-state index contributed by atoms with van der Waals surface area (Å²) in [5.41, 5.74) is 5.12. The van der Waals surface area contributed by atoms with E-state index < -0.39 is 11.7 Å². The molecule has 3 rings (SSSR count). The lowest BCUT2D eigenvalue weighted by Crippen LogP contribution is -2.48. The van der Waals surface area contributed by atoms with Gasteiger partial charge in [-0.25, -0.2) is 0 Å². The smallest absolute Gasteiger partial charge is 0.325 e. The predicted octanol–water partition coefficient (Wildman–Crippen LogP) is 2.83. The summed E-state index contributed by atoms with van der Waals surface area (Å²) >= 11 is 5.85. The van der Waals surface area contributed by atoms with Crippen molar-refractivity contribution in [3.63, 3.8) is 0 Å². The van der Waals surface area contributed by atoms with Crippen molar-refractivity contribution in [2.75, 3.05) is 0 Å². The van der Waals surface area contributed by atoms with E-state index >= 15 is 0 Å². The number of nitrogens with two attached hydrogens (primary N) is 1. The number of pyridine rings is 1. The van der Waals surface area contributed by atoms with Crippen LogP contribution in [0.25, 0.3) is 5.65 Å². The van der Waals surface area contributed by atoms with Crippen molar-refractivity contribution in [3.05, 3.63) is 28.7 Å². The minimum Gasteiger partial charge on any atom is -0.325 e. The zero-order valence-electron chi connectivity index (χ0n) is 10.4. The Labute approximate surface area is 117 Å². The van der Waals surface area contributed by atoms with Gasteiger partial charge in [0.2, 0.25) is 0 Å². The maximum atomic E-state index is 12.8. The zero-order chi connectivity index (χ0) is 14.5. The molecule has 1 aliphatic rings. The number of halogens is 4. The van der Waals surface area contributed by atoms with Gasteiger partial charge in [0.05, 0.1) is 10.6 Å². The summed E-state index contributed by atoms with van der Waals surface area (Å²) in [4.78, 5) is 0. The second-order valence-electron chi connectivity index (χ2n) is 5.28. The van der Waals surface area contributed by atoms with E-state index in [1.165, 1.54) is 4.40 Å². The Kier molecular flexibility index (Phi) is 2.95. The van der Waals surface area contributed by atoms with Crippen molar-refractivity contribution in [1.82, 2.24) is 14.6 Å². The third-order valence-corrected chi connectivity index (χ3v) is 4.00. The third kappa shape index (κ3) is 2.25. The van der Waals surface area contributed by atoms with Gasteiger partial charge >= 0.3 is 6.18 Å². The van der Waals surface area contributed by atoms with Gasteiger partial charge in [0, 0.05) is 18.2 Å². The number of hydrogen-bond donors (Lipinski definition) is 1. The highest BCUT2D eigenvalue weighted by atomic mass is 35.5. The van der Waals surface area contributed by atoms with Gasteiger partial charge in [-0.2, -0.15) is 13.2 Å². The average molecular weight is 305 g/mol. The summed E-state index contributed by atoms with van der Waals surface area (Å²) in [5.74, 6) is 0.412. The van der Waals surface area contributed by atoms with Crippen LogP contribution in [0.4, 0.5) is 13.2 Å². The molecule has 20 heavy (non-hydrogen) atoms. The minimum absolute atomic E-state index is 0.0711. The maximum absolute atomic E-state index is 12.8. The van der Waals surface area contributed by atoms with Gasteiger partial charge in [0.1, 0.15) is 5.82 Å². The molecule has 4 nitrogen and oxygen atoms in total. The number of alkyl halides is 3. The van der Waals surface area contributed by atoms with Crippen molar-refractivity contribution in [2.45, 2.75) is 37.4 Å². The van der Waals surface area contributed by atoms with E-state index in [2.05, 4.69) is 10.2 Å². The van der Waals surface area contributed by atoms with Gasteiger partial charge < -0.3 is 5.73 Å². The molecule has 0 aromatic carbocycles. The van der Waals surface area contributed by atoms with Crippen LogP contribution in [-0.2, 0) is 12.6 Å². The summed E-state index contributed by atoms with van der Waals surface area (Å²) < 4.78 is 39.7. The fourth-order valence-electron chi connectivity index (χ4n) is 2.40. The monoisotopic (exact) mass is 304 g/mol. The molecular formula is C12H12ClF3N4. The van der Waals surface area contributed by atoms with Crippen LogP contribution in [0.3, 0.4) is 0 Å². The second-order valence-corrected chi connectivity index (χ2v) is 5.68. The van der Waals surface area contributed by atoms with Crippen LogP contribution in [0.2, 0.25) is 5.02 Å². The molecule has 108 valence electrons. The largest absolute Gasteiger partial charge is 0.417 e. The summed E-state index contributed by atoms with van der Waals surface area (Å²) in [6, 6.07) is 0.858. The van der Waals surface area contributed by atoms with E-state index in [1.54, 1.807) is 0 Å². The molecule has 2 aromatic heterocycles. The van der Waals surface area contributed by atoms with E-state index in [1.807, 2.05) is 0 Å². The zero-order valence-corrected chi connectivity index (χ0v) is 11.2. The molecule has 0 saturated heterocycles. The standard InChI is InChI=1S/C12H12ClF3N4/c13-8-4-7(12(14,15)16)6-20-9(18-19-10(8)20)5-11(17)2-1-3-11/h4,6H,1-3,5,17H2. The van der Waals surface area contributed by atoms with Crippen molar-refractivity contribution in [2.24, 2.45) is 5.73 Å². The van der Waals surface area contributed by atoms with E-state index in [0.29, 0.717) is 12.2 Å². The number of nitrogens with zero attached hydrogens (tertiary/aromatic N) is 3. The van der Waals surface area contributed by atoms with Crippen LogP contribution in [0, 0.1) is 0 Å². The number of rotatable bonds is 2. The number of hydrogen-bond acceptors (Lipinski definition) is 3. The van der Waals surface area contributed by atoms with Crippen LogP contribution in [0.15, 0.2) is 12.3 Å². The SMILES string of the molecule is NC1(Cc2nnc3c(Cl)cc(C(F)(F)F)cn23)CCC1. The molecule has 0 amide bonds. The first-order chi connectivity index (χ1) is 9.28. The molecule has 0 radical (unpaired) electrons. The Bertz CT molecular complexity index is 661. The van der Waals surface area contributed by atoms with Gasteiger partial charge in [-0.05, 0) is 25.3 Å². The van der Waals surface area contributed by atoms with Gasteiger partial charge in [0.15, 0.2) is 5.65 Å². The topological polar surface area (TPSA) is 56.2 Å². The first-order valence-corrected chi connectivity index (χ1v) is 6.56. The molecule has 2 aromatic rings. The fourth-order valence-corrected chi connectivity index (χ4v) is 2.64. The Morgan fingerprint density at radius 3 is 2.60 bits per heavy atom. The molecule has 1 saturated carbocycles. The maximum Gasteiger partial charge on any atom is 0.417 e. The van der Waals surface area contributed by atoms with Gasteiger partial charge in [-0.15, -0.1) is 10.2 Å². The minimum atomic E-state index is -4.46. The van der Waals surface area contributed by atoms with Crippen LogP contribution in [0.5, 0.6) is 0 Å². The fraction of sp³-hybridized carbons (Fsp3) is 0.500. The van der Waals surface area contributed by atoms with Crippen molar-refractivity contribution >= 4 is 17.2 Å². The van der Waals surface area contributed by atoms with Gasteiger partial charge in [-0.1, -0.05) is 11.6 Å². The van der Waals surface area contributed by atoms with Crippen LogP contribution in [0.1, 0.15) is 30.7 Å². The molecule has 2 N–H and O–H groups in total. The third-order valence-electron chi connectivity index (χ3n) is 3.72. The molecule has 8 heteroatoms. The molecule has 0 spiro atoms. The van der Waals surface area contributed by atoms with E-state index in [-0.39, 0.29) is 16.2 Å². The van der Waals surface area contributed by atoms with Crippen molar-refractivity contribution in [3.8, 4) is 0 Å². The Balaban J connectivity index is 2.07. The molecule has 0 unspecified atom stereocenters. The lowest BCUT2D eigenvalue weighted by Gasteiger charge is -2.37. The quantitative estimate of drug-likeness (QED) is 0.928. The Morgan fingerprint density at radius 2 is 2.05 bits per heavy atom. The lowest BCUT2D eigenvalue weighted by atomic mass is 9.75. The van der Waals surface area contributed by atoms with E-state index in [0.717, 1.165) is 31.5 Å². The van der Waals surface area contributed by atoms with Crippen LogP contribution in [-0.4, -0.2) is 20.1 Å². The van der Waals surface area contributed by atoms with E-state index in [4.69, 9.17) is 17.3 Å². The molecule has 1 aliphatic carbocycles. The van der Waals surface area contributed by atoms with Crippen molar-refractivity contribution < 1.29 is 13.2 Å². The summed E-state index contributed by atoms with van der Waals surface area (Å²) in [5, 5.41) is 7.70. The van der Waals surface area contributed by atoms with Crippen molar-refractivity contribution in [1.29, 1.82) is 0 Å². The highest BCUT2D eigenvalue weighted by molar-refractivity contribution is 6.33. The molecule has 0 atom stereocenters. The molecule has 1 fully saturated rings. The number of aromatic nitrogens is 3. The van der Waals surface area contributed by atoms with Gasteiger partial charge in [-0.3, -0.25) is 4.40 Å². The number of fused-ring (bicyclic) bond motifs is 1. The molecule has 2 heterocycles. The normalized spacial score (nSPS) is 18.2. The average Bonchev–Trinajstić information content (AvgIpc) is 2.70. The second kappa shape index (κ2) is 4.33. The van der Waals surface area contributed by atoms with Crippen LogP contribution < -0.4 is 5.73 Å². The Morgan fingerprint density at radius 1 is 1.35 bits per heavy atom. The first kappa shape index (κ1) is 13.6. The highest BCUT2D eigenvalue weighted by Gasteiger charge is 2.35. The van der Waals surface area contributed by atoms with Crippen LogP contribution >= 0.6 is 11.6 Å². The summed E-state index contributed by atoms with van der Waals surface area (Å²) in [7, 11) is 0. The predicted molar refractivity (Wildman–Crippen MR) is 67.5 cm³/mol. The molecule has 0 bridgehead atoms. The first-order valence-electron chi connectivity index (χ1n) is 6.18.